The van der Waals surface area contributed by atoms with Gasteiger partial charge in [-0.05, 0) is 0 Å². The third-order valence-electron chi connectivity index (χ3n) is 0.865. The van der Waals surface area contributed by atoms with Crippen LogP contribution in [0.2, 0.25) is 0 Å². The lowest BCUT2D eigenvalue weighted by molar-refractivity contribution is 0.0601. The van der Waals surface area contributed by atoms with E-state index in [9.17, 15) is 4.79 Å². The van der Waals surface area contributed by atoms with Crippen LogP contribution < -0.4 is 0 Å². The second-order valence-electron chi connectivity index (χ2n) is 1.42. The Morgan fingerprint density at radius 2 is 3.00 bits per heavy atom. The second-order valence-corrected chi connectivity index (χ2v) is 1.42. The van der Waals surface area contributed by atoms with Crippen LogP contribution in [-0.2, 0) is 4.74 Å². The molecule has 1 aromatic heterocycles. The molecule has 0 aliphatic rings. The molecule has 1 aromatic rings. The molecule has 1 rings (SSSR count). The number of aromatic amines is 1. The summed E-state index contributed by atoms with van der Waals surface area (Å²) in [6.07, 6.45) is 2.76. The SMILES string of the molecule is [2H]COC(=O)c1cn[nH]c1. The molecule has 1 heterocycles. The summed E-state index contributed by atoms with van der Waals surface area (Å²) in [6, 6.07) is 0. The molecule has 0 spiro atoms. The smallest absolute Gasteiger partial charge is 0.341 e. The lowest BCUT2D eigenvalue weighted by Crippen LogP contribution is -1.98. The fourth-order valence-electron chi connectivity index (χ4n) is 0.446. The first-order valence-electron chi connectivity index (χ1n) is 3.00. The summed E-state index contributed by atoms with van der Waals surface area (Å²) < 4.78 is 10.9. The number of hydrogen-bond acceptors (Lipinski definition) is 3. The van der Waals surface area contributed by atoms with Gasteiger partial charge in [-0.15, -0.1) is 0 Å². The van der Waals surface area contributed by atoms with Gasteiger partial charge >= 0.3 is 5.97 Å². The minimum absolute atomic E-state index is 0.340. The number of nitrogens with one attached hydrogen (secondary N) is 1. The minimum atomic E-state index is -0.524. The molecule has 0 fully saturated rings. The number of hydrogen-bond donors (Lipinski definition) is 1. The quantitative estimate of drug-likeness (QED) is 0.548. The van der Waals surface area contributed by atoms with Gasteiger partial charge < -0.3 is 4.74 Å². The van der Waals surface area contributed by atoms with Crippen LogP contribution in [0.4, 0.5) is 0 Å². The molecular weight excluding hydrogens is 120 g/mol. The van der Waals surface area contributed by atoms with Crippen molar-refractivity contribution in [2.24, 2.45) is 0 Å². The van der Waals surface area contributed by atoms with Gasteiger partial charge in [0.25, 0.3) is 0 Å². The zero-order chi connectivity index (χ0) is 7.40. The topological polar surface area (TPSA) is 55.0 Å². The van der Waals surface area contributed by atoms with Crippen LogP contribution in [0, 0.1) is 0 Å². The highest BCUT2D eigenvalue weighted by molar-refractivity contribution is 5.88. The van der Waals surface area contributed by atoms with E-state index >= 15 is 0 Å². The van der Waals surface area contributed by atoms with E-state index in [1.807, 2.05) is 0 Å². The molecule has 0 atom stereocenters. The Hall–Kier alpha value is -1.32. The molecular formula is C5H6N2O2. The monoisotopic (exact) mass is 127 g/mol. The lowest BCUT2D eigenvalue weighted by atomic mass is 10.4. The van der Waals surface area contributed by atoms with E-state index < -0.39 is 5.97 Å². The fourth-order valence-corrected chi connectivity index (χ4v) is 0.446. The summed E-state index contributed by atoms with van der Waals surface area (Å²) in [7, 11) is -0.357. The molecule has 9 heavy (non-hydrogen) atoms. The molecule has 48 valence electrons. The van der Waals surface area contributed by atoms with Crippen molar-refractivity contribution in [2.75, 3.05) is 7.09 Å². The van der Waals surface area contributed by atoms with Gasteiger partial charge in [-0.3, -0.25) is 5.10 Å². The number of methoxy groups -OCH3 is 1. The van der Waals surface area contributed by atoms with Gasteiger partial charge in [0.1, 0.15) is 0 Å². The van der Waals surface area contributed by atoms with Gasteiger partial charge in [0, 0.05) is 6.20 Å². The number of nitrogens with zero attached hydrogens (tertiary/aromatic N) is 1. The largest absolute Gasteiger partial charge is 0.465 e. The van der Waals surface area contributed by atoms with Gasteiger partial charge in [0.15, 0.2) is 0 Å². The Morgan fingerprint density at radius 1 is 2.11 bits per heavy atom. The van der Waals surface area contributed by atoms with Crippen molar-refractivity contribution in [1.29, 1.82) is 0 Å². The maximum atomic E-state index is 10.7. The molecule has 0 radical (unpaired) electrons. The summed E-state index contributed by atoms with van der Waals surface area (Å²) >= 11 is 0. The summed E-state index contributed by atoms with van der Waals surface area (Å²) in [6.45, 7) is 0. The molecule has 0 aliphatic heterocycles. The van der Waals surface area contributed by atoms with Crippen LogP contribution in [0.3, 0.4) is 0 Å². The van der Waals surface area contributed by atoms with Crippen molar-refractivity contribution in [3.05, 3.63) is 18.0 Å². The first kappa shape index (κ1) is 4.55. The van der Waals surface area contributed by atoms with E-state index in [1.165, 1.54) is 12.4 Å². The standard InChI is InChI=1S/C5H6N2O2/c1-9-5(8)4-2-6-7-3-4/h2-3H,1H3,(H,6,7)/i1D. The van der Waals surface area contributed by atoms with Gasteiger partial charge in [-0.2, -0.15) is 5.10 Å². The molecule has 4 nitrogen and oxygen atoms in total. The van der Waals surface area contributed by atoms with E-state index in [0.717, 1.165) is 0 Å². The number of ether oxygens (including phenoxy) is 1. The predicted molar refractivity (Wildman–Crippen MR) is 29.9 cm³/mol. The highest BCUT2D eigenvalue weighted by atomic mass is 16.5. The average Bonchev–Trinajstić information content (AvgIpc) is 2.38. The van der Waals surface area contributed by atoms with E-state index in [-0.39, 0.29) is 7.09 Å². The number of carbonyl (C=O) groups excluding carboxylic acids is 1. The molecule has 0 saturated carbocycles. The van der Waals surface area contributed by atoms with E-state index in [0.29, 0.717) is 5.56 Å². The van der Waals surface area contributed by atoms with Crippen molar-refractivity contribution < 1.29 is 10.9 Å². The molecule has 0 bridgehead atoms. The van der Waals surface area contributed by atoms with Gasteiger partial charge in [-0.1, -0.05) is 0 Å². The van der Waals surface area contributed by atoms with Crippen molar-refractivity contribution in [2.45, 2.75) is 0 Å². The Balaban J connectivity index is 2.59. The molecule has 0 amide bonds. The third kappa shape index (κ3) is 1.07. The van der Waals surface area contributed by atoms with E-state index in [1.54, 1.807) is 0 Å². The second kappa shape index (κ2) is 2.30. The van der Waals surface area contributed by atoms with Gasteiger partial charge in [0.2, 0.25) is 0 Å². The number of H-pyrrole nitrogens is 1. The Labute approximate surface area is 53.2 Å². The maximum Gasteiger partial charge on any atom is 0.341 e. The zero-order valence-corrected chi connectivity index (χ0v) is 4.63. The Bertz CT molecular complexity index is 209. The van der Waals surface area contributed by atoms with Crippen LogP contribution in [0.15, 0.2) is 12.4 Å². The minimum Gasteiger partial charge on any atom is -0.465 e. The zero-order valence-electron chi connectivity index (χ0n) is 5.63. The summed E-state index contributed by atoms with van der Waals surface area (Å²) in [4.78, 5) is 10.7. The first-order chi connectivity index (χ1) is 4.84. The summed E-state index contributed by atoms with van der Waals surface area (Å²) in [5.74, 6) is -0.524. The number of aromatic nitrogens is 2. The Morgan fingerprint density at radius 3 is 3.56 bits per heavy atom. The molecule has 0 aromatic carbocycles. The average molecular weight is 127 g/mol. The van der Waals surface area contributed by atoms with Crippen molar-refractivity contribution in [1.82, 2.24) is 10.2 Å². The van der Waals surface area contributed by atoms with Crippen molar-refractivity contribution >= 4 is 5.97 Å². The third-order valence-corrected chi connectivity index (χ3v) is 0.865. The van der Waals surface area contributed by atoms with Crippen LogP contribution in [-0.4, -0.2) is 23.3 Å². The number of esters is 1. The van der Waals surface area contributed by atoms with Crippen molar-refractivity contribution in [3.63, 3.8) is 0 Å². The van der Waals surface area contributed by atoms with E-state index in [2.05, 4.69) is 14.9 Å². The number of rotatable bonds is 1. The molecule has 0 aliphatic carbocycles. The highest BCUT2D eigenvalue weighted by Crippen LogP contribution is 1.94. The summed E-state index contributed by atoms with van der Waals surface area (Å²) in [5, 5.41) is 6.00. The maximum absolute atomic E-state index is 10.7. The highest BCUT2D eigenvalue weighted by Gasteiger charge is 2.03. The summed E-state index contributed by atoms with van der Waals surface area (Å²) in [5.41, 5.74) is 0.340. The number of carbonyl (C=O) groups is 1. The first-order valence-corrected chi connectivity index (χ1v) is 2.29. The lowest BCUT2D eigenvalue weighted by Gasteiger charge is -1.89. The Kier molecular flexibility index (Phi) is 1.16. The van der Waals surface area contributed by atoms with Crippen molar-refractivity contribution in [3.8, 4) is 0 Å². The normalized spacial score (nSPS) is 10.4. The fraction of sp³-hybridized carbons (Fsp3) is 0.200. The van der Waals surface area contributed by atoms with Crippen LogP contribution in [0.25, 0.3) is 0 Å². The van der Waals surface area contributed by atoms with Gasteiger partial charge in [-0.25, -0.2) is 4.79 Å². The van der Waals surface area contributed by atoms with Gasteiger partial charge in [0.05, 0.1) is 20.2 Å². The van der Waals surface area contributed by atoms with Crippen LogP contribution >= 0.6 is 0 Å². The molecule has 1 N–H and O–H groups in total. The predicted octanol–water partition coefficient (Wildman–Crippen LogP) is 0.196. The van der Waals surface area contributed by atoms with Crippen LogP contribution in [0.5, 0.6) is 0 Å². The molecule has 4 heteroatoms. The molecule has 0 unspecified atom stereocenters. The van der Waals surface area contributed by atoms with E-state index in [4.69, 9.17) is 1.37 Å². The van der Waals surface area contributed by atoms with Crippen LogP contribution in [0.1, 0.15) is 11.7 Å². The molecule has 0 saturated heterocycles.